The van der Waals surface area contributed by atoms with E-state index in [1.54, 1.807) is 6.92 Å². The van der Waals surface area contributed by atoms with E-state index >= 15 is 0 Å². The molecule has 11 heteroatoms. The van der Waals surface area contributed by atoms with Crippen molar-refractivity contribution in [3.8, 4) is 5.75 Å². The Morgan fingerprint density at radius 2 is 2.24 bits per heavy atom. The first kappa shape index (κ1) is 17.2. The van der Waals surface area contributed by atoms with E-state index in [2.05, 4.69) is 10.4 Å². The number of carbonyl (C=O) groups excluding carboxylic acids is 2. The smallest absolute Gasteiger partial charge is 0.287 e. The maximum absolute atomic E-state index is 12.4. The predicted molar refractivity (Wildman–Crippen MR) is 88.1 cm³/mol. The number of amides is 2. The number of nitrogens with one attached hydrogen (secondary N) is 2. The highest BCUT2D eigenvalue weighted by Gasteiger charge is 2.25. The monoisotopic (exact) mass is 384 g/mol. The van der Waals surface area contributed by atoms with E-state index in [0.29, 0.717) is 12.3 Å². The molecule has 2 heterocycles. The van der Waals surface area contributed by atoms with Crippen LogP contribution in [-0.2, 0) is 21.4 Å². The van der Waals surface area contributed by atoms with Gasteiger partial charge in [-0.25, -0.2) is 13.1 Å². The maximum atomic E-state index is 12.4. The van der Waals surface area contributed by atoms with Gasteiger partial charge in [0, 0.05) is 12.7 Å². The number of anilines is 1. The van der Waals surface area contributed by atoms with Crippen molar-refractivity contribution in [1.82, 2.24) is 14.5 Å². The van der Waals surface area contributed by atoms with E-state index in [0.717, 1.165) is 0 Å². The third-order valence-corrected chi connectivity index (χ3v) is 4.98. The van der Waals surface area contributed by atoms with Crippen LogP contribution in [0.5, 0.6) is 5.75 Å². The molecule has 9 nitrogen and oxygen atoms in total. The van der Waals surface area contributed by atoms with Gasteiger partial charge in [0.05, 0.1) is 15.6 Å². The molecule has 0 saturated heterocycles. The van der Waals surface area contributed by atoms with E-state index in [-0.39, 0.29) is 27.9 Å². The van der Waals surface area contributed by atoms with Gasteiger partial charge in [-0.3, -0.25) is 14.3 Å². The zero-order valence-electron chi connectivity index (χ0n) is 12.9. The number of carbonyl (C=O) groups is 2. The van der Waals surface area contributed by atoms with Crippen LogP contribution in [-0.4, -0.2) is 36.6 Å². The van der Waals surface area contributed by atoms with Gasteiger partial charge >= 0.3 is 0 Å². The molecule has 2 N–H and O–H groups in total. The van der Waals surface area contributed by atoms with Gasteiger partial charge in [-0.1, -0.05) is 11.6 Å². The molecular formula is C14H13ClN4O5S. The van der Waals surface area contributed by atoms with Crippen LogP contribution >= 0.6 is 11.6 Å². The molecule has 0 aliphatic carbocycles. The zero-order chi connectivity index (χ0) is 18.2. The van der Waals surface area contributed by atoms with Crippen molar-refractivity contribution in [1.29, 1.82) is 0 Å². The van der Waals surface area contributed by atoms with Crippen LogP contribution in [0.25, 0.3) is 0 Å². The number of hydrogen-bond donors (Lipinski definition) is 2. The van der Waals surface area contributed by atoms with E-state index in [1.165, 1.54) is 29.1 Å². The molecule has 0 unspecified atom stereocenters. The number of hydrogen-bond acceptors (Lipinski definition) is 6. The number of nitrogens with zero attached hydrogens (tertiary/aromatic N) is 2. The Morgan fingerprint density at radius 3 is 2.92 bits per heavy atom. The van der Waals surface area contributed by atoms with E-state index in [4.69, 9.17) is 16.3 Å². The Morgan fingerprint density at radius 1 is 1.48 bits per heavy atom. The van der Waals surface area contributed by atoms with Crippen LogP contribution < -0.4 is 14.8 Å². The summed E-state index contributed by atoms with van der Waals surface area (Å²) in [6, 6.07) is 3.86. The summed E-state index contributed by atoms with van der Waals surface area (Å²) in [6.07, 6.45) is 1.43. The van der Waals surface area contributed by atoms with Crippen molar-refractivity contribution in [2.24, 2.45) is 0 Å². The SMILES string of the molecule is CCn1cc(Cl)c(C(=O)NS(=O)(=O)c2ccc3c(c2)NC(=O)CO3)n1. The number of fused-ring (bicyclic) bond motifs is 1. The third kappa shape index (κ3) is 3.44. The molecule has 0 saturated carbocycles. The average Bonchev–Trinajstić information content (AvgIpc) is 2.95. The maximum Gasteiger partial charge on any atom is 0.287 e. The summed E-state index contributed by atoms with van der Waals surface area (Å²) >= 11 is 5.90. The summed E-state index contributed by atoms with van der Waals surface area (Å²) in [5.74, 6) is -1.01. The number of benzene rings is 1. The highest BCUT2D eigenvalue weighted by Crippen LogP contribution is 2.30. The van der Waals surface area contributed by atoms with E-state index in [1.807, 2.05) is 4.72 Å². The second-order valence-corrected chi connectivity index (χ2v) is 7.20. The van der Waals surface area contributed by atoms with Gasteiger partial charge in [-0.15, -0.1) is 0 Å². The van der Waals surface area contributed by atoms with Crippen molar-refractivity contribution in [3.05, 3.63) is 35.1 Å². The molecule has 1 aromatic carbocycles. The van der Waals surface area contributed by atoms with Crippen LogP contribution in [0, 0.1) is 0 Å². The minimum absolute atomic E-state index is 0.0423. The summed E-state index contributed by atoms with van der Waals surface area (Å²) in [5, 5.41) is 6.46. The first-order valence-electron chi connectivity index (χ1n) is 7.17. The lowest BCUT2D eigenvalue weighted by Crippen LogP contribution is -2.31. The van der Waals surface area contributed by atoms with Gasteiger partial charge < -0.3 is 10.1 Å². The molecule has 2 aromatic rings. The number of halogens is 1. The Bertz CT molecular complexity index is 970. The van der Waals surface area contributed by atoms with Crippen molar-refractivity contribution < 1.29 is 22.7 Å². The number of aromatic nitrogens is 2. The van der Waals surface area contributed by atoms with Crippen LogP contribution in [0.3, 0.4) is 0 Å². The lowest BCUT2D eigenvalue weighted by atomic mass is 10.2. The zero-order valence-corrected chi connectivity index (χ0v) is 14.5. The third-order valence-electron chi connectivity index (χ3n) is 3.38. The molecule has 0 atom stereocenters. The second-order valence-electron chi connectivity index (χ2n) is 5.11. The van der Waals surface area contributed by atoms with Crippen molar-refractivity contribution in [2.75, 3.05) is 11.9 Å². The summed E-state index contributed by atoms with van der Waals surface area (Å²) in [4.78, 5) is 23.3. The molecule has 1 aliphatic rings. The molecule has 0 radical (unpaired) electrons. The fourth-order valence-electron chi connectivity index (χ4n) is 2.17. The first-order valence-corrected chi connectivity index (χ1v) is 9.03. The van der Waals surface area contributed by atoms with Crippen LogP contribution in [0.2, 0.25) is 5.02 Å². The fourth-order valence-corrected chi connectivity index (χ4v) is 3.39. The largest absolute Gasteiger partial charge is 0.482 e. The van der Waals surface area contributed by atoms with Crippen molar-refractivity contribution in [3.63, 3.8) is 0 Å². The highest BCUT2D eigenvalue weighted by molar-refractivity contribution is 7.90. The Hall–Kier alpha value is -2.59. The summed E-state index contributed by atoms with van der Waals surface area (Å²) in [5.41, 5.74) is 0.0153. The molecule has 3 rings (SSSR count). The quantitative estimate of drug-likeness (QED) is 0.811. The predicted octanol–water partition coefficient (Wildman–Crippen LogP) is 1.01. The standard InChI is InChI=1S/C14H13ClN4O5S/c1-2-19-6-9(15)13(17-19)14(21)18-25(22,23)8-3-4-11-10(5-8)16-12(20)7-24-11/h3-6H,2,7H2,1H3,(H,16,20)(H,18,21). The molecule has 1 aliphatic heterocycles. The number of ether oxygens (including phenoxy) is 1. The van der Waals surface area contributed by atoms with Gasteiger partial charge in [0.25, 0.3) is 21.8 Å². The molecular weight excluding hydrogens is 372 g/mol. The normalized spacial score (nSPS) is 13.6. The van der Waals surface area contributed by atoms with Crippen molar-refractivity contribution >= 4 is 39.1 Å². The highest BCUT2D eigenvalue weighted by atomic mass is 35.5. The van der Waals surface area contributed by atoms with Crippen LogP contribution in [0.15, 0.2) is 29.3 Å². The molecule has 25 heavy (non-hydrogen) atoms. The number of sulfonamides is 1. The van der Waals surface area contributed by atoms with Gasteiger partial charge in [0.2, 0.25) is 0 Å². The van der Waals surface area contributed by atoms with E-state index < -0.39 is 21.8 Å². The van der Waals surface area contributed by atoms with Gasteiger partial charge in [-0.05, 0) is 25.1 Å². The average molecular weight is 385 g/mol. The minimum atomic E-state index is -4.19. The molecule has 0 bridgehead atoms. The Labute approximate surface area is 148 Å². The van der Waals surface area contributed by atoms with Gasteiger partial charge in [0.15, 0.2) is 12.3 Å². The number of aryl methyl sites for hydroxylation is 1. The second kappa shape index (κ2) is 6.37. The van der Waals surface area contributed by atoms with Crippen LogP contribution in [0.1, 0.15) is 17.4 Å². The Kier molecular flexibility index (Phi) is 4.39. The van der Waals surface area contributed by atoms with E-state index in [9.17, 15) is 18.0 Å². The number of rotatable bonds is 4. The minimum Gasteiger partial charge on any atom is -0.482 e. The lowest BCUT2D eigenvalue weighted by Gasteiger charge is -2.18. The van der Waals surface area contributed by atoms with Gasteiger partial charge in [0.1, 0.15) is 5.75 Å². The lowest BCUT2D eigenvalue weighted by molar-refractivity contribution is -0.118. The summed E-state index contributed by atoms with van der Waals surface area (Å²) in [7, 11) is -4.19. The summed E-state index contributed by atoms with van der Waals surface area (Å²) in [6.45, 7) is 2.13. The Balaban J connectivity index is 1.86. The molecule has 132 valence electrons. The first-order chi connectivity index (χ1) is 11.8. The molecule has 1 aromatic heterocycles. The molecule has 2 amide bonds. The van der Waals surface area contributed by atoms with Crippen molar-refractivity contribution in [2.45, 2.75) is 18.4 Å². The van der Waals surface area contributed by atoms with Crippen LogP contribution in [0.4, 0.5) is 5.69 Å². The molecule has 0 fully saturated rings. The van der Waals surface area contributed by atoms with Gasteiger partial charge in [-0.2, -0.15) is 5.10 Å². The topological polar surface area (TPSA) is 119 Å². The summed E-state index contributed by atoms with van der Waals surface area (Å²) < 4.78 is 33.3. The fraction of sp³-hybridized carbons (Fsp3) is 0.214. The molecule has 0 spiro atoms.